The molecule has 1 unspecified atom stereocenters. The van der Waals surface area contributed by atoms with E-state index in [1.807, 2.05) is 6.92 Å². The van der Waals surface area contributed by atoms with Gasteiger partial charge >= 0.3 is 0 Å². The van der Waals surface area contributed by atoms with Crippen LogP contribution in [0, 0.1) is 11.3 Å². The van der Waals surface area contributed by atoms with Crippen LogP contribution in [-0.2, 0) is 4.74 Å². The van der Waals surface area contributed by atoms with Gasteiger partial charge in [-0.2, -0.15) is 5.26 Å². The molecule has 0 radical (unpaired) electrons. The Morgan fingerprint density at radius 2 is 2.25 bits per heavy atom. The van der Waals surface area contributed by atoms with E-state index in [1.54, 1.807) is 7.11 Å². The first-order chi connectivity index (χ1) is 5.81. The highest BCUT2D eigenvalue weighted by Crippen LogP contribution is 1.91. The molecule has 12 heavy (non-hydrogen) atoms. The fraction of sp³-hybridized carbons (Fsp3) is 0.889. The van der Waals surface area contributed by atoms with Crippen LogP contribution in [0.5, 0.6) is 0 Å². The molecule has 70 valence electrons. The maximum absolute atomic E-state index is 8.37. The molecule has 0 saturated carbocycles. The van der Waals surface area contributed by atoms with Crippen molar-refractivity contribution in [2.75, 3.05) is 20.3 Å². The summed E-state index contributed by atoms with van der Waals surface area (Å²) in [6.07, 6.45) is 2.79. The SMILES string of the molecule is COCCCCNC(C)CC#N. The average molecular weight is 170 g/mol. The topological polar surface area (TPSA) is 45.0 Å². The molecule has 3 heteroatoms. The minimum atomic E-state index is 0.317. The van der Waals surface area contributed by atoms with Crippen LogP contribution in [0.25, 0.3) is 0 Å². The van der Waals surface area contributed by atoms with Gasteiger partial charge in [0.15, 0.2) is 0 Å². The first-order valence-electron chi connectivity index (χ1n) is 4.40. The highest BCUT2D eigenvalue weighted by Gasteiger charge is 1.97. The first-order valence-corrected chi connectivity index (χ1v) is 4.40. The van der Waals surface area contributed by atoms with Crippen LogP contribution in [0.2, 0.25) is 0 Å². The highest BCUT2D eigenvalue weighted by atomic mass is 16.5. The van der Waals surface area contributed by atoms with E-state index in [-0.39, 0.29) is 0 Å². The summed E-state index contributed by atoms with van der Waals surface area (Å²) in [5.41, 5.74) is 0. The van der Waals surface area contributed by atoms with Gasteiger partial charge in [-0.05, 0) is 26.3 Å². The lowest BCUT2D eigenvalue weighted by atomic mass is 10.2. The van der Waals surface area contributed by atoms with Gasteiger partial charge in [0.2, 0.25) is 0 Å². The number of nitrogens with zero attached hydrogens (tertiary/aromatic N) is 1. The zero-order valence-corrected chi connectivity index (χ0v) is 7.97. The van der Waals surface area contributed by atoms with Crippen molar-refractivity contribution >= 4 is 0 Å². The predicted molar refractivity (Wildman–Crippen MR) is 48.8 cm³/mol. The molecule has 0 heterocycles. The fourth-order valence-electron chi connectivity index (χ4n) is 0.929. The number of ether oxygens (including phenoxy) is 1. The standard InChI is InChI=1S/C9H18N2O/c1-9(5-6-10)11-7-3-4-8-12-2/h9,11H,3-5,7-8H2,1-2H3. The molecule has 0 amide bonds. The third-order valence-corrected chi connectivity index (χ3v) is 1.67. The highest BCUT2D eigenvalue weighted by molar-refractivity contribution is 4.76. The number of nitrogens with one attached hydrogen (secondary N) is 1. The van der Waals surface area contributed by atoms with Gasteiger partial charge < -0.3 is 10.1 Å². The summed E-state index contributed by atoms with van der Waals surface area (Å²) in [6.45, 7) is 3.83. The Balaban J connectivity index is 3.04. The van der Waals surface area contributed by atoms with Gasteiger partial charge in [-0.1, -0.05) is 0 Å². The lowest BCUT2D eigenvalue weighted by molar-refractivity contribution is 0.192. The Morgan fingerprint density at radius 1 is 1.50 bits per heavy atom. The van der Waals surface area contributed by atoms with E-state index in [0.717, 1.165) is 26.0 Å². The third-order valence-electron chi connectivity index (χ3n) is 1.67. The maximum atomic E-state index is 8.37. The molecule has 0 aliphatic rings. The second-order valence-electron chi connectivity index (χ2n) is 2.92. The number of hydrogen-bond acceptors (Lipinski definition) is 3. The van der Waals surface area contributed by atoms with E-state index >= 15 is 0 Å². The van der Waals surface area contributed by atoms with Crippen molar-refractivity contribution in [1.29, 1.82) is 5.26 Å². The van der Waals surface area contributed by atoms with Crippen molar-refractivity contribution in [3.05, 3.63) is 0 Å². The van der Waals surface area contributed by atoms with Gasteiger partial charge in [0.25, 0.3) is 0 Å². The predicted octanol–water partition coefficient (Wildman–Crippen LogP) is 1.30. The van der Waals surface area contributed by atoms with Crippen molar-refractivity contribution < 1.29 is 4.74 Å². The second-order valence-corrected chi connectivity index (χ2v) is 2.92. The lowest BCUT2D eigenvalue weighted by Gasteiger charge is -2.08. The monoisotopic (exact) mass is 170 g/mol. The number of methoxy groups -OCH3 is 1. The molecular weight excluding hydrogens is 152 g/mol. The Bertz CT molecular complexity index is 131. The van der Waals surface area contributed by atoms with Gasteiger partial charge in [0.1, 0.15) is 0 Å². The van der Waals surface area contributed by atoms with E-state index in [2.05, 4.69) is 11.4 Å². The minimum absolute atomic E-state index is 0.317. The van der Waals surface area contributed by atoms with E-state index in [4.69, 9.17) is 10.00 Å². The molecule has 1 N–H and O–H groups in total. The summed E-state index contributed by atoms with van der Waals surface area (Å²) in [7, 11) is 1.71. The average Bonchev–Trinajstić information content (AvgIpc) is 2.05. The zero-order chi connectivity index (χ0) is 9.23. The molecule has 0 aromatic heterocycles. The van der Waals surface area contributed by atoms with Gasteiger partial charge in [-0.3, -0.25) is 0 Å². The number of rotatable bonds is 7. The summed E-state index contributed by atoms with van der Waals surface area (Å²) >= 11 is 0. The molecule has 0 fully saturated rings. The maximum Gasteiger partial charge on any atom is 0.0638 e. The van der Waals surface area contributed by atoms with E-state index in [0.29, 0.717) is 12.5 Å². The summed E-state index contributed by atoms with van der Waals surface area (Å²) in [4.78, 5) is 0. The van der Waals surface area contributed by atoms with E-state index in [9.17, 15) is 0 Å². The van der Waals surface area contributed by atoms with Crippen molar-refractivity contribution in [2.45, 2.75) is 32.2 Å². The largest absolute Gasteiger partial charge is 0.385 e. The van der Waals surface area contributed by atoms with Crippen molar-refractivity contribution in [3.63, 3.8) is 0 Å². The van der Waals surface area contributed by atoms with Crippen LogP contribution in [-0.4, -0.2) is 26.3 Å². The third kappa shape index (κ3) is 7.52. The fourth-order valence-corrected chi connectivity index (χ4v) is 0.929. The Labute approximate surface area is 74.7 Å². The van der Waals surface area contributed by atoms with Crippen LogP contribution in [0.1, 0.15) is 26.2 Å². The summed E-state index contributed by atoms with van der Waals surface area (Å²) in [6, 6.07) is 2.45. The Kier molecular flexibility index (Phi) is 8.09. The molecule has 0 bridgehead atoms. The minimum Gasteiger partial charge on any atom is -0.385 e. The number of nitriles is 1. The second kappa shape index (κ2) is 8.51. The molecule has 1 atom stereocenters. The molecular formula is C9H18N2O. The molecule has 0 aromatic rings. The van der Waals surface area contributed by atoms with E-state index in [1.165, 1.54) is 0 Å². The van der Waals surface area contributed by atoms with Crippen molar-refractivity contribution in [1.82, 2.24) is 5.32 Å². The lowest BCUT2D eigenvalue weighted by Crippen LogP contribution is -2.26. The molecule has 0 rings (SSSR count). The van der Waals surface area contributed by atoms with Crippen LogP contribution in [0.3, 0.4) is 0 Å². The van der Waals surface area contributed by atoms with Gasteiger partial charge in [-0.25, -0.2) is 0 Å². The van der Waals surface area contributed by atoms with Crippen LogP contribution in [0.4, 0.5) is 0 Å². The van der Waals surface area contributed by atoms with E-state index < -0.39 is 0 Å². The Morgan fingerprint density at radius 3 is 2.83 bits per heavy atom. The quantitative estimate of drug-likeness (QED) is 0.586. The van der Waals surface area contributed by atoms with Crippen LogP contribution in [0.15, 0.2) is 0 Å². The molecule has 0 aliphatic carbocycles. The Hall–Kier alpha value is -0.590. The molecule has 0 aromatic carbocycles. The van der Waals surface area contributed by atoms with Crippen LogP contribution >= 0.6 is 0 Å². The smallest absolute Gasteiger partial charge is 0.0638 e. The number of unbranched alkanes of at least 4 members (excludes halogenated alkanes) is 1. The molecule has 0 aliphatic heterocycles. The summed E-state index contributed by atoms with van der Waals surface area (Å²) < 4.78 is 4.92. The number of hydrogen-bond donors (Lipinski definition) is 1. The zero-order valence-electron chi connectivity index (χ0n) is 7.97. The van der Waals surface area contributed by atoms with Gasteiger partial charge in [0.05, 0.1) is 12.5 Å². The van der Waals surface area contributed by atoms with Crippen LogP contribution < -0.4 is 5.32 Å². The molecule has 0 saturated heterocycles. The van der Waals surface area contributed by atoms with Crippen molar-refractivity contribution in [3.8, 4) is 6.07 Å². The molecule has 0 spiro atoms. The molecule has 3 nitrogen and oxygen atoms in total. The van der Waals surface area contributed by atoms with Gasteiger partial charge in [0, 0.05) is 19.8 Å². The normalized spacial score (nSPS) is 12.4. The first kappa shape index (κ1) is 11.4. The summed E-state index contributed by atoms with van der Waals surface area (Å²) in [5.74, 6) is 0. The van der Waals surface area contributed by atoms with Gasteiger partial charge in [-0.15, -0.1) is 0 Å². The van der Waals surface area contributed by atoms with Crippen molar-refractivity contribution in [2.24, 2.45) is 0 Å². The summed E-state index contributed by atoms with van der Waals surface area (Å²) in [5, 5.41) is 11.6.